The molecule has 1 amide bonds. The van der Waals surface area contributed by atoms with Crippen molar-refractivity contribution < 1.29 is 4.79 Å². The average Bonchev–Trinajstić information content (AvgIpc) is 3.30. The van der Waals surface area contributed by atoms with Gasteiger partial charge in [-0.1, -0.05) is 12.1 Å². The van der Waals surface area contributed by atoms with Gasteiger partial charge < -0.3 is 15.5 Å². The smallest absolute Gasteiger partial charge is 0.227 e. The summed E-state index contributed by atoms with van der Waals surface area (Å²) in [6.07, 6.45) is 4.31. The maximum atomic E-state index is 11.8. The van der Waals surface area contributed by atoms with Crippen molar-refractivity contribution >= 4 is 17.6 Å². The number of rotatable bonds is 6. The predicted octanol–water partition coefficient (Wildman–Crippen LogP) is 2.28. The second kappa shape index (κ2) is 7.49. The van der Waals surface area contributed by atoms with E-state index >= 15 is 0 Å². The van der Waals surface area contributed by atoms with Gasteiger partial charge in [-0.15, -0.1) is 0 Å². The third-order valence-corrected chi connectivity index (χ3v) is 4.34. The van der Waals surface area contributed by atoms with E-state index in [0.717, 1.165) is 49.2 Å². The number of nitrogens with one attached hydrogen (secondary N) is 2. The van der Waals surface area contributed by atoms with Crippen LogP contribution in [-0.2, 0) is 11.3 Å². The Morgan fingerprint density at radius 2 is 2.04 bits per heavy atom. The van der Waals surface area contributed by atoms with E-state index in [9.17, 15) is 4.79 Å². The molecule has 1 aromatic rings. The first-order valence-corrected chi connectivity index (χ1v) is 8.67. The van der Waals surface area contributed by atoms with Gasteiger partial charge in [0.1, 0.15) is 0 Å². The first kappa shape index (κ1) is 15.8. The fourth-order valence-electron chi connectivity index (χ4n) is 2.78. The largest absolute Gasteiger partial charge is 0.357 e. The van der Waals surface area contributed by atoms with Crippen LogP contribution in [0.1, 0.15) is 38.2 Å². The maximum Gasteiger partial charge on any atom is 0.227 e. The number of carbonyl (C=O) groups excluding carboxylic acids is 1. The zero-order chi connectivity index (χ0) is 16.1. The molecule has 0 aromatic heterocycles. The molecule has 5 heteroatoms. The molecule has 1 aliphatic carbocycles. The third kappa shape index (κ3) is 4.47. The summed E-state index contributed by atoms with van der Waals surface area (Å²) < 4.78 is 0. The summed E-state index contributed by atoms with van der Waals surface area (Å²) in [7, 11) is 0. The van der Waals surface area contributed by atoms with Gasteiger partial charge in [-0.25, -0.2) is 4.99 Å². The van der Waals surface area contributed by atoms with Crippen LogP contribution < -0.4 is 15.5 Å². The third-order valence-electron chi connectivity index (χ3n) is 4.34. The number of hydrogen-bond acceptors (Lipinski definition) is 2. The lowest BCUT2D eigenvalue weighted by molar-refractivity contribution is -0.117. The van der Waals surface area contributed by atoms with Crippen LogP contribution in [-0.4, -0.2) is 31.5 Å². The van der Waals surface area contributed by atoms with Gasteiger partial charge in [0, 0.05) is 31.7 Å². The molecular formula is C18H26N4O. The normalized spacial score (nSPS) is 18.4. The summed E-state index contributed by atoms with van der Waals surface area (Å²) in [5.74, 6) is 1.95. The Hall–Kier alpha value is -2.04. The molecule has 124 valence electrons. The van der Waals surface area contributed by atoms with Crippen LogP contribution in [0.15, 0.2) is 29.3 Å². The van der Waals surface area contributed by atoms with Crippen molar-refractivity contribution in [3.8, 4) is 0 Å². The fraction of sp³-hybridized carbons (Fsp3) is 0.556. The molecule has 1 saturated heterocycles. The molecule has 2 aliphatic rings. The maximum absolute atomic E-state index is 11.8. The Bertz CT molecular complexity index is 563. The van der Waals surface area contributed by atoms with Crippen molar-refractivity contribution in [1.82, 2.24) is 10.6 Å². The highest BCUT2D eigenvalue weighted by Gasteiger charge is 2.22. The SMILES string of the molecule is CCNC(=NCc1ccc(N2CCCC2=O)cc1)NCC1CC1. The minimum absolute atomic E-state index is 0.231. The molecule has 1 heterocycles. The second-order valence-electron chi connectivity index (χ2n) is 6.33. The Balaban J connectivity index is 1.57. The second-order valence-corrected chi connectivity index (χ2v) is 6.33. The van der Waals surface area contributed by atoms with E-state index in [-0.39, 0.29) is 5.91 Å². The van der Waals surface area contributed by atoms with Crippen LogP contribution in [0.25, 0.3) is 0 Å². The molecule has 1 aliphatic heterocycles. The minimum Gasteiger partial charge on any atom is -0.357 e. The van der Waals surface area contributed by atoms with Crippen molar-refractivity contribution in [2.75, 3.05) is 24.5 Å². The van der Waals surface area contributed by atoms with E-state index in [4.69, 9.17) is 0 Å². The van der Waals surface area contributed by atoms with Gasteiger partial charge in [0.2, 0.25) is 5.91 Å². The molecule has 2 fully saturated rings. The molecule has 1 saturated carbocycles. The van der Waals surface area contributed by atoms with Crippen molar-refractivity contribution in [1.29, 1.82) is 0 Å². The van der Waals surface area contributed by atoms with Crippen LogP contribution >= 0.6 is 0 Å². The molecule has 2 N–H and O–H groups in total. The lowest BCUT2D eigenvalue weighted by atomic mass is 10.2. The van der Waals surface area contributed by atoms with E-state index in [1.807, 2.05) is 17.0 Å². The van der Waals surface area contributed by atoms with Crippen LogP contribution in [0.3, 0.4) is 0 Å². The fourth-order valence-corrected chi connectivity index (χ4v) is 2.78. The highest BCUT2D eigenvalue weighted by atomic mass is 16.2. The van der Waals surface area contributed by atoms with E-state index in [2.05, 4.69) is 34.7 Å². The van der Waals surface area contributed by atoms with Gasteiger partial charge in [-0.3, -0.25) is 4.79 Å². The summed E-state index contributed by atoms with van der Waals surface area (Å²) in [6.45, 7) is 5.45. The van der Waals surface area contributed by atoms with Gasteiger partial charge in [-0.05, 0) is 49.8 Å². The summed E-state index contributed by atoms with van der Waals surface area (Å²) >= 11 is 0. The zero-order valence-corrected chi connectivity index (χ0v) is 13.8. The Labute approximate surface area is 138 Å². The highest BCUT2D eigenvalue weighted by molar-refractivity contribution is 5.95. The number of hydrogen-bond donors (Lipinski definition) is 2. The van der Waals surface area contributed by atoms with Crippen molar-refractivity contribution in [2.45, 2.75) is 39.2 Å². The van der Waals surface area contributed by atoms with Gasteiger partial charge in [0.05, 0.1) is 6.54 Å². The number of benzene rings is 1. The van der Waals surface area contributed by atoms with Crippen molar-refractivity contribution in [2.24, 2.45) is 10.9 Å². The average molecular weight is 314 g/mol. The summed E-state index contributed by atoms with van der Waals surface area (Å²) in [4.78, 5) is 18.3. The number of carbonyl (C=O) groups is 1. The number of guanidine groups is 1. The molecule has 0 unspecified atom stereocenters. The molecule has 5 nitrogen and oxygen atoms in total. The lowest BCUT2D eigenvalue weighted by Gasteiger charge is -2.15. The first-order chi connectivity index (χ1) is 11.3. The van der Waals surface area contributed by atoms with E-state index in [0.29, 0.717) is 13.0 Å². The van der Waals surface area contributed by atoms with Crippen LogP contribution in [0.5, 0.6) is 0 Å². The number of aliphatic imine (C=N–C) groups is 1. The lowest BCUT2D eigenvalue weighted by Crippen LogP contribution is -2.38. The Morgan fingerprint density at radius 3 is 2.65 bits per heavy atom. The monoisotopic (exact) mass is 314 g/mol. The topological polar surface area (TPSA) is 56.7 Å². The molecule has 0 bridgehead atoms. The van der Waals surface area contributed by atoms with Gasteiger partial charge >= 0.3 is 0 Å². The molecule has 3 rings (SSSR count). The van der Waals surface area contributed by atoms with Crippen LogP contribution in [0.4, 0.5) is 5.69 Å². The summed E-state index contributed by atoms with van der Waals surface area (Å²) in [5.41, 5.74) is 2.16. The number of amides is 1. The first-order valence-electron chi connectivity index (χ1n) is 8.67. The van der Waals surface area contributed by atoms with E-state index < -0.39 is 0 Å². The highest BCUT2D eigenvalue weighted by Crippen LogP contribution is 2.27. The van der Waals surface area contributed by atoms with E-state index in [1.54, 1.807) is 0 Å². The van der Waals surface area contributed by atoms with Gasteiger partial charge in [-0.2, -0.15) is 0 Å². The van der Waals surface area contributed by atoms with E-state index in [1.165, 1.54) is 12.8 Å². The molecule has 23 heavy (non-hydrogen) atoms. The van der Waals surface area contributed by atoms with Crippen molar-refractivity contribution in [3.63, 3.8) is 0 Å². The quantitative estimate of drug-likeness (QED) is 0.625. The van der Waals surface area contributed by atoms with Gasteiger partial charge in [0.15, 0.2) is 5.96 Å². The standard InChI is InChI=1S/C18H26N4O/c1-2-19-18(20-12-14-5-6-14)21-13-15-7-9-16(10-8-15)22-11-3-4-17(22)23/h7-10,14H,2-6,11-13H2,1H3,(H2,19,20,21). The van der Waals surface area contributed by atoms with Crippen molar-refractivity contribution in [3.05, 3.63) is 29.8 Å². The molecule has 1 aromatic carbocycles. The molecular weight excluding hydrogens is 288 g/mol. The van der Waals surface area contributed by atoms with Crippen LogP contribution in [0.2, 0.25) is 0 Å². The minimum atomic E-state index is 0.231. The zero-order valence-electron chi connectivity index (χ0n) is 13.8. The molecule has 0 spiro atoms. The predicted molar refractivity (Wildman–Crippen MR) is 93.6 cm³/mol. The molecule has 0 radical (unpaired) electrons. The summed E-state index contributed by atoms with van der Waals surface area (Å²) in [5, 5.41) is 6.68. The summed E-state index contributed by atoms with van der Waals surface area (Å²) in [6, 6.07) is 8.18. The number of anilines is 1. The Kier molecular flexibility index (Phi) is 5.16. The van der Waals surface area contributed by atoms with Gasteiger partial charge in [0.25, 0.3) is 0 Å². The Morgan fingerprint density at radius 1 is 1.26 bits per heavy atom. The molecule has 0 atom stereocenters. The van der Waals surface area contributed by atoms with Crippen LogP contribution in [0, 0.1) is 5.92 Å². The number of nitrogens with zero attached hydrogens (tertiary/aromatic N) is 2.